The highest BCUT2D eigenvalue weighted by molar-refractivity contribution is 6.01. The summed E-state index contributed by atoms with van der Waals surface area (Å²) in [7, 11) is 3.35. The molecule has 2 fully saturated rings. The highest BCUT2D eigenvalue weighted by Crippen LogP contribution is 2.60. The minimum atomic E-state index is -0.412. The number of carbonyl (C=O) groups excluding carboxylic acids is 2. The van der Waals surface area contributed by atoms with Gasteiger partial charge in [-0.05, 0) is 18.8 Å². The molecular weight excluding hydrogens is 192 g/mol. The number of hydrogen-bond acceptors (Lipinski definition) is 2. The summed E-state index contributed by atoms with van der Waals surface area (Å²) in [6, 6.07) is -0.110. The Morgan fingerprint density at radius 2 is 1.73 bits per heavy atom. The van der Waals surface area contributed by atoms with E-state index in [2.05, 4.69) is 13.8 Å². The lowest BCUT2D eigenvalue weighted by Crippen LogP contribution is -2.75. The van der Waals surface area contributed by atoms with Crippen LogP contribution in [0.5, 0.6) is 0 Å². The van der Waals surface area contributed by atoms with Gasteiger partial charge < -0.3 is 4.90 Å². The van der Waals surface area contributed by atoms with Gasteiger partial charge >= 0.3 is 6.03 Å². The van der Waals surface area contributed by atoms with Gasteiger partial charge in [0.2, 0.25) is 5.91 Å². The SMILES string of the molecule is CN1C(=O)N(C)C2CC(C)(C)C2(C)C1=O. The molecule has 0 aromatic carbocycles. The molecule has 2 atom stereocenters. The fourth-order valence-corrected chi connectivity index (χ4v) is 2.98. The van der Waals surface area contributed by atoms with Crippen molar-refractivity contribution in [3.8, 4) is 0 Å². The third kappa shape index (κ3) is 0.924. The second kappa shape index (κ2) is 2.54. The van der Waals surface area contributed by atoms with Gasteiger partial charge in [0.05, 0.1) is 5.41 Å². The summed E-state index contributed by atoms with van der Waals surface area (Å²) in [5.74, 6) is -0.0353. The van der Waals surface area contributed by atoms with E-state index in [1.54, 1.807) is 19.0 Å². The van der Waals surface area contributed by atoms with Gasteiger partial charge in [0.25, 0.3) is 0 Å². The van der Waals surface area contributed by atoms with Crippen LogP contribution in [0.1, 0.15) is 27.2 Å². The summed E-state index contributed by atoms with van der Waals surface area (Å²) in [6.07, 6.45) is 0.908. The molecule has 0 aromatic heterocycles. The van der Waals surface area contributed by atoms with Crippen molar-refractivity contribution in [2.45, 2.75) is 33.2 Å². The first kappa shape index (κ1) is 10.5. The second-order valence-corrected chi connectivity index (χ2v) is 5.56. The summed E-state index contributed by atoms with van der Waals surface area (Å²) < 4.78 is 0. The normalized spacial score (nSPS) is 38.9. The van der Waals surface area contributed by atoms with Crippen LogP contribution in [-0.2, 0) is 4.79 Å². The van der Waals surface area contributed by atoms with Crippen LogP contribution in [0.3, 0.4) is 0 Å². The van der Waals surface area contributed by atoms with Gasteiger partial charge in [-0.25, -0.2) is 4.79 Å². The zero-order valence-electron chi connectivity index (χ0n) is 10.00. The fourth-order valence-electron chi connectivity index (χ4n) is 2.98. The minimum Gasteiger partial charge on any atom is -0.323 e. The average Bonchev–Trinajstić information content (AvgIpc) is 2.19. The maximum atomic E-state index is 12.2. The predicted octanol–water partition coefficient (Wildman–Crippen LogP) is 1.31. The second-order valence-electron chi connectivity index (χ2n) is 5.56. The van der Waals surface area contributed by atoms with Crippen molar-refractivity contribution in [1.82, 2.24) is 9.80 Å². The molecule has 0 N–H and O–H groups in total. The zero-order chi connectivity index (χ0) is 11.6. The Hall–Kier alpha value is -1.06. The van der Waals surface area contributed by atoms with E-state index in [4.69, 9.17) is 0 Å². The fraction of sp³-hybridized carbons (Fsp3) is 0.818. The largest absolute Gasteiger partial charge is 0.326 e. The minimum absolute atomic E-state index is 0.0159. The van der Waals surface area contributed by atoms with Gasteiger partial charge in [0.1, 0.15) is 0 Å². The standard InChI is InChI=1S/C11H18N2O2/c1-10(2)6-7-11(10,3)8(14)13(5)9(15)12(7)4/h7H,6H2,1-5H3. The van der Waals surface area contributed by atoms with Crippen molar-refractivity contribution in [1.29, 1.82) is 0 Å². The van der Waals surface area contributed by atoms with Crippen LogP contribution in [0.4, 0.5) is 4.79 Å². The number of hydrogen-bond donors (Lipinski definition) is 0. The molecular formula is C11H18N2O2. The van der Waals surface area contributed by atoms with E-state index in [1.165, 1.54) is 4.90 Å². The summed E-state index contributed by atoms with van der Waals surface area (Å²) in [4.78, 5) is 26.8. The van der Waals surface area contributed by atoms with Crippen LogP contribution < -0.4 is 0 Å². The Morgan fingerprint density at radius 1 is 1.20 bits per heavy atom. The molecule has 0 spiro atoms. The van der Waals surface area contributed by atoms with E-state index >= 15 is 0 Å². The number of carbonyl (C=O) groups is 2. The van der Waals surface area contributed by atoms with Crippen molar-refractivity contribution in [2.75, 3.05) is 14.1 Å². The van der Waals surface area contributed by atoms with Crippen molar-refractivity contribution in [3.63, 3.8) is 0 Å². The molecule has 84 valence electrons. The molecule has 1 saturated carbocycles. The molecule has 2 aliphatic rings. The molecule has 4 heteroatoms. The van der Waals surface area contributed by atoms with Crippen LogP contribution in [0.2, 0.25) is 0 Å². The molecule has 2 rings (SSSR count). The molecule has 2 unspecified atom stereocenters. The summed E-state index contributed by atoms with van der Waals surface area (Å²) in [5, 5.41) is 0. The Kier molecular flexibility index (Phi) is 1.77. The molecule has 1 saturated heterocycles. The number of nitrogens with zero attached hydrogens (tertiary/aromatic N) is 2. The van der Waals surface area contributed by atoms with Crippen molar-refractivity contribution >= 4 is 11.9 Å². The first-order valence-electron chi connectivity index (χ1n) is 5.28. The number of fused-ring (bicyclic) bond motifs is 1. The third-order valence-electron chi connectivity index (χ3n) is 4.58. The highest BCUT2D eigenvalue weighted by Gasteiger charge is 2.67. The van der Waals surface area contributed by atoms with Crippen molar-refractivity contribution in [2.24, 2.45) is 10.8 Å². The van der Waals surface area contributed by atoms with Gasteiger partial charge in [0, 0.05) is 20.1 Å². The Balaban J connectivity index is 2.44. The van der Waals surface area contributed by atoms with Gasteiger partial charge in [-0.1, -0.05) is 13.8 Å². The van der Waals surface area contributed by atoms with Gasteiger partial charge in [-0.2, -0.15) is 0 Å². The van der Waals surface area contributed by atoms with E-state index < -0.39 is 5.41 Å². The molecule has 1 aliphatic heterocycles. The monoisotopic (exact) mass is 210 g/mol. The predicted molar refractivity (Wildman–Crippen MR) is 56.2 cm³/mol. The van der Waals surface area contributed by atoms with Crippen LogP contribution in [-0.4, -0.2) is 41.9 Å². The van der Waals surface area contributed by atoms with Crippen molar-refractivity contribution in [3.05, 3.63) is 0 Å². The molecule has 0 bridgehead atoms. The van der Waals surface area contributed by atoms with Gasteiger partial charge in [0.15, 0.2) is 0 Å². The third-order valence-corrected chi connectivity index (χ3v) is 4.58. The lowest BCUT2D eigenvalue weighted by molar-refractivity contribution is -0.181. The Labute approximate surface area is 90.2 Å². The molecule has 15 heavy (non-hydrogen) atoms. The zero-order valence-corrected chi connectivity index (χ0v) is 10.00. The molecule has 4 nitrogen and oxygen atoms in total. The van der Waals surface area contributed by atoms with E-state index in [0.29, 0.717) is 0 Å². The average molecular weight is 210 g/mol. The van der Waals surface area contributed by atoms with Crippen molar-refractivity contribution < 1.29 is 9.59 Å². The number of imide groups is 1. The smallest absolute Gasteiger partial charge is 0.323 e. The van der Waals surface area contributed by atoms with E-state index in [0.717, 1.165) is 6.42 Å². The molecule has 0 aromatic rings. The summed E-state index contributed by atoms with van der Waals surface area (Å²) >= 11 is 0. The maximum absolute atomic E-state index is 12.2. The molecule has 1 aliphatic carbocycles. The summed E-state index contributed by atoms with van der Waals surface area (Å²) in [5.41, 5.74) is -0.428. The lowest BCUT2D eigenvalue weighted by Gasteiger charge is -2.64. The maximum Gasteiger partial charge on any atom is 0.326 e. The van der Waals surface area contributed by atoms with Crippen LogP contribution in [0.15, 0.2) is 0 Å². The van der Waals surface area contributed by atoms with E-state index in [-0.39, 0.29) is 23.4 Å². The summed E-state index contributed by atoms with van der Waals surface area (Å²) in [6.45, 7) is 6.17. The first-order chi connectivity index (χ1) is 6.73. The van der Waals surface area contributed by atoms with Gasteiger partial charge in [-0.3, -0.25) is 9.69 Å². The quantitative estimate of drug-likeness (QED) is 0.605. The van der Waals surface area contributed by atoms with E-state index in [9.17, 15) is 9.59 Å². The Bertz CT molecular complexity index is 350. The highest BCUT2D eigenvalue weighted by atomic mass is 16.2. The van der Waals surface area contributed by atoms with Crippen LogP contribution in [0.25, 0.3) is 0 Å². The van der Waals surface area contributed by atoms with Crippen LogP contribution >= 0.6 is 0 Å². The number of urea groups is 1. The molecule has 0 radical (unpaired) electrons. The van der Waals surface area contributed by atoms with E-state index in [1.807, 2.05) is 6.92 Å². The van der Waals surface area contributed by atoms with Crippen LogP contribution in [0, 0.1) is 10.8 Å². The number of rotatable bonds is 0. The first-order valence-corrected chi connectivity index (χ1v) is 5.28. The molecule has 1 heterocycles. The topological polar surface area (TPSA) is 40.6 Å². The molecule has 3 amide bonds. The lowest BCUT2D eigenvalue weighted by atomic mass is 9.47. The number of amides is 3. The van der Waals surface area contributed by atoms with Gasteiger partial charge in [-0.15, -0.1) is 0 Å². The Morgan fingerprint density at radius 3 is 2.20 bits per heavy atom.